The summed E-state index contributed by atoms with van der Waals surface area (Å²) in [6, 6.07) is 0. The second-order valence-electron chi connectivity index (χ2n) is 5.92. The fourth-order valence-corrected chi connectivity index (χ4v) is 9.45. The predicted octanol–water partition coefficient (Wildman–Crippen LogP) is 5.57. The Morgan fingerprint density at radius 1 is 0.895 bits per heavy atom. The molecule has 0 atom stereocenters. The molecule has 116 valence electrons. The first kappa shape index (κ1) is 19.2. The third-order valence-electron chi connectivity index (χ3n) is 4.10. The van der Waals surface area contributed by atoms with Gasteiger partial charge in [0.1, 0.15) is 0 Å². The molecule has 0 aromatic rings. The number of carboxylic acid groups (broad SMARTS) is 1. The van der Waals surface area contributed by atoms with Gasteiger partial charge in [0.25, 0.3) is 0 Å². The summed E-state index contributed by atoms with van der Waals surface area (Å²) < 4.78 is 0. The van der Waals surface area contributed by atoms with E-state index in [1.54, 1.807) is 0 Å². The van der Waals surface area contributed by atoms with Gasteiger partial charge in [0.2, 0.25) is 0 Å². The predicted molar refractivity (Wildman–Crippen MR) is 89.2 cm³/mol. The van der Waals surface area contributed by atoms with Crippen molar-refractivity contribution in [2.75, 3.05) is 24.6 Å². The molecule has 0 aliphatic rings. The molecule has 0 amide bonds. The van der Waals surface area contributed by atoms with Gasteiger partial charge < -0.3 is 0 Å². The molecule has 0 heterocycles. The van der Waals surface area contributed by atoms with Crippen molar-refractivity contribution in [3.05, 3.63) is 0 Å². The Kier molecular flexibility index (Phi) is 9.28. The van der Waals surface area contributed by atoms with Crippen molar-refractivity contribution >= 4 is 23.2 Å². The Balaban J connectivity index is 4.97. The molecular formula is C15H32ClO2P. The fourth-order valence-electron chi connectivity index (χ4n) is 2.71. The van der Waals surface area contributed by atoms with E-state index in [2.05, 4.69) is 20.8 Å². The Hall–Kier alpha value is 0.190. The van der Waals surface area contributed by atoms with E-state index in [1.165, 1.54) is 0 Å². The van der Waals surface area contributed by atoms with Crippen molar-refractivity contribution in [1.82, 2.24) is 0 Å². The van der Waals surface area contributed by atoms with Gasteiger partial charge in [-0.05, 0) is 0 Å². The summed E-state index contributed by atoms with van der Waals surface area (Å²) in [6.07, 6.45) is 11.1. The third kappa shape index (κ3) is 7.51. The summed E-state index contributed by atoms with van der Waals surface area (Å²) in [5.74, 6) is -3.01. The van der Waals surface area contributed by atoms with Crippen LogP contribution in [-0.2, 0) is 4.79 Å². The first-order chi connectivity index (χ1) is 8.90. The summed E-state index contributed by atoms with van der Waals surface area (Å²) in [4.78, 5) is 11.0. The molecule has 0 saturated heterocycles. The van der Waals surface area contributed by atoms with E-state index in [1.807, 2.05) is 0 Å². The van der Waals surface area contributed by atoms with Crippen molar-refractivity contribution < 1.29 is 9.90 Å². The van der Waals surface area contributed by atoms with Gasteiger partial charge in [-0.2, -0.15) is 0 Å². The first-order valence-electron chi connectivity index (χ1n) is 7.84. The zero-order chi connectivity index (χ0) is 14.8. The molecule has 19 heavy (non-hydrogen) atoms. The second kappa shape index (κ2) is 9.19. The Morgan fingerprint density at radius 3 is 1.53 bits per heavy atom. The molecule has 1 N–H and O–H groups in total. The standard InChI is InChI=1S/C15H32ClO2P/c1-4-7-11-19(16,12-8-5-2,13-9-6-3)14-10-15(17)18/h4-14H2,1-3H3,(H,17,18). The Bertz CT molecular complexity index is 244. The quantitative estimate of drug-likeness (QED) is 0.478. The normalized spacial score (nSPS) is 14.0. The van der Waals surface area contributed by atoms with Crippen molar-refractivity contribution in [3.8, 4) is 0 Å². The number of aliphatic carboxylic acids is 1. The molecule has 0 aromatic carbocycles. The van der Waals surface area contributed by atoms with Gasteiger partial charge in [0.15, 0.2) is 0 Å². The molecule has 0 aliphatic carbocycles. The minimum atomic E-state index is -2.31. The van der Waals surface area contributed by atoms with Crippen LogP contribution in [0.4, 0.5) is 0 Å². The summed E-state index contributed by atoms with van der Waals surface area (Å²) >= 11 is 7.25. The molecule has 0 aliphatic heterocycles. The number of unbranched alkanes of at least 4 members (excludes halogenated alkanes) is 3. The summed E-state index contributed by atoms with van der Waals surface area (Å²) in [5.41, 5.74) is 0. The Labute approximate surface area is 124 Å². The van der Waals surface area contributed by atoms with Crippen LogP contribution in [0.2, 0.25) is 0 Å². The van der Waals surface area contributed by atoms with Crippen LogP contribution in [0.3, 0.4) is 0 Å². The van der Waals surface area contributed by atoms with Gasteiger partial charge >= 0.3 is 123 Å². The maximum atomic E-state index is 11.0. The van der Waals surface area contributed by atoms with Gasteiger partial charge in [0, 0.05) is 0 Å². The van der Waals surface area contributed by atoms with Gasteiger partial charge in [-0.1, -0.05) is 0 Å². The van der Waals surface area contributed by atoms with Crippen molar-refractivity contribution in [3.63, 3.8) is 0 Å². The first-order valence-corrected chi connectivity index (χ1v) is 11.7. The second-order valence-corrected chi connectivity index (χ2v) is 14.2. The van der Waals surface area contributed by atoms with E-state index in [0.29, 0.717) is 0 Å². The van der Waals surface area contributed by atoms with Gasteiger partial charge in [-0.15, -0.1) is 0 Å². The van der Waals surface area contributed by atoms with E-state index >= 15 is 0 Å². The number of halogens is 1. The molecule has 4 heteroatoms. The summed E-state index contributed by atoms with van der Waals surface area (Å²) in [6.45, 7) is 6.57. The van der Waals surface area contributed by atoms with Gasteiger partial charge in [-0.25, -0.2) is 0 Å². The average Bonchev–Trinajstić information content (AvgIpc) is 2.40. The molecule has 0 bridgehead atoms. The molecule has 0 rings (SSSR count). The van der Waals surface area contributed by atoms with Crippen molar-refractivity contribution in [2.45, 2.75) is 65.7 Å². The molecule has 0 fully saturated rings. The summed E-state index contributed by atoms with van der Waals surface area (Å²) in [5, 5.41) is 9.03. The van der Waals surface area contributed by atoms with Crippen LogP contribution in [-0.4, -0.2) is 35.7 Å². The molecule has 0 unspecified atom stereocenters. The third-order valence-corrected chi connectivity index (χ3v) is 11.8. The number of carboxylic acids is 1. The zero-order valence-corrected chi connectivity index (χ0v) is 14.6. The fraction of sp³-hybridized carbons (Fsp3) is 0.933. The van der Waals surface area contributed by atoms with Crippen LogP contribution in [0.1, 0.15) is 65.7 Å². The van der Waals surface area contributed by atoms with Crippen molar-refractivity contribution in [2.24, 2.45) is 0 Å². The SMILES string of the molecule is CCCCP(Cl)(CCCC)(CCCC)CCC(=O)O. The topological polar surface area (TPSA) is 37.3 Å². The van der Waals surface area contributed by atoms with Crippen LogP contribution in [0.15, 0.2) is 0 Å². The number of hydrogen-bond donors (Lipinski definition) is 1. The average molecular weight is 311 g/mol. The molecule has 0 aromatic heterocycles. The summed E-state index contributed by atoms with van der Waals surface area (Å²) in [7, 11) is 0. The van der Waals surface area contributed by atoms with Crippen LogP contribution in [0, 0.1) is 0 Å². The van der Waals surface area contributed by atoms with E-state index in [-0.39, 0.29) is 6.42 Å². The monoisotopic (exact) mass is 310 g/mol. The Morgan fingerprint density at radius 2 is 1.26 bits per heavy atom. The van der Waals surface area contributed by atoms with E-state index in [4.69, 9.17) is 16.3 Å². The van der Waals surface area contributed by atoms with E-state index in [0.717, 1.165) is 63.2 Å². The maximum absolute atomic E-state index is 11.0. The molecule has 2 nitrogen and oxygen atoms in total. The molecular weight excluding hydrogens is 279 g/mol. The zero-order valence-electron chi connectivity index (χ0n) is 13.0. The van der Waals surface area contributed by atoms with E-state index < -0.39 is 11.9 Å². The van der Waals surface area contributed by atoms with Gasteiger partial charge in [-0.3, -0.25) is 0 Å². The van der Waals surface area contributed by atoms with E-state index in [9.17, 15) is 4.79 Å². The van der Waals surface area contributed by atoms with Crippen molar-refractivity contribution in [1.29, 1.82) is 0 Å². The molecule has 0 radical (unpaired) electrons. The molecule has 0 saturated carbocycles. The van der Waals surface area contributed by atoms with Gasteiger partial charge in [0.05, 0.1) is 0 Å². The van der Waals surface area contributed by atoms with Crippen LogP contribution < -0.4 is 0 Å². The number of rotatable bonds is 12. The molecule has 0 spiro atoms. The van der Waals surface area contributed by atoms with Crippen LogP contribution in [0.25, 0.3) is 0 Å². The number of carbonyl (C=O) groups is 1. The number of hydrogen-bond acceptors (Lipinski definition) is 1. The van der Waals surface area contributed by atoms with Crippen LogP contribution in [0.5, 0.6) is 0 Å². The minimum absolute atomic E-state index is 0.248. The van der Waals surface area contributed by atoms with Crippen LogP contribution >= 0.6 is 17.2 Å².